The highest BCUT2D eigenvalue weighted by atomic mass is 32.2. The van der Waals surface area contributed by atoms with Crippen LogP contribution in [-0.2, 0) is 16.5 Å². The zero-order chi connectivity index (χ0) is 23.1. The number of hydrogen-bond donors (Lipinski definition) is 5. The van der Waals surface area contributed by atoms with Crippen LogP contribution in [0.1, 0.15) is 76.7 Å². The van der Waals surface area contributed by atoms with Gasteiger partial charge in [0.05, 0.1) is 4.90 Å². The second-order valence-corrected chi connectivity index (χ2v) is 8.56. The van der Waals surface area contributed by atoms with E-state index in [0.29, 0.717) is 32.6 Å². The van der Waals surface area contributed by atoms with Gasteiger partial charge in [-0.3, -0.25) is 4.55 Å². The van der Waals surface area contributed by atoms with E-state index in [0.717, 1.165) is 18.4 Å². The van der Waals surface area contributed by atoms with E-state index in [1.807, 2.05) is 6.07 Å². The Morgan fingerprint density at radius 2 is 1.10 bits per heavy atom. The Balaban J connectivity index is 0. The highest BCUT2D eigenvalue weighted by Gasteiger charge is 2.13. The lowest BCUT2D eigenvalue weighted by atomic mass is 10.0. The summed E-state index contributed by atoms with van der Waals surface area (Å²) in [5.41, 5.74) is 20.3. The number of aryl methyl sites for hydroxylation is 1. The summed E-state index contributed by atoms with van der Waals surface area (Å²) in [6.45, 7) is 4.63. The van der Waals surface area contributed by atoms with Gasteiger partial charge in [-0.1, -0.05) is 82.9 Å². The summed E-state index contributed by atoms with van der Waals surface area (Å²) in [5.74, 6) is 0. The van der Waals surface area contributed by atoms with Crippen molar-refractivity contribution < 1.29 is 13.0 Å². The summed E-state index contributed by atoms with van der Waals surface area (Å²) < 4.78 is 31.8. The van der Waals surface area contributed by atoms with Crippen LogP contribution in [0.4, 0.5) is 0 Å². The standard InChI is InChI=1S/C18H30O3S.2C2H8N2/c1-2-3-4-5-6-7-8-9-10-11-14-17-15-12-13-16-18(17)22(19,20)21;2*3-1-2-4/h12-13,15-16H,2-11,14H2,1H3,(H,19,20,21);2*1-4H2. The molecule has 1 rings (SSSR count). The zero-order valence-electron chi connectivity index (χ0n) is 18.9. The lowest BCUT2D eigenvalue weighted by Crippen LogP contribution is -2.11. The molecule has 0 unspecified atom stereocenters. The van der Waals surface area contributed by atoms with Crippen LogP contribution in [0.25, 0.3) is 0 Å². The Bertz CT molecular complexity index is 576. The average molecular weight is 447 g/mol. The first kappa shape index (κ1) is 31.2. The monoisotopic (exact) mass is 446 g/mol. The van der Waals surface area contributed by atoms with Crippen molar-refractivity contribution in [2.24, 2.45) is 22.9 Å². The van der Waals surface area contributed by atoms with Gasteiger partial charge < -0.3 is 22.9 Å². The van der Waals surface area contributed by atoms with Crippen molar-refractivity contribution in [3.8, 4) is 0 Å². The van der Waals surface area contributed by atoms with Crippen molar-refractivity contribution in [1.82, 2.24) is 0 Å². The maximum Gasteiger partial charge on any atom is 0.294 e. The third-order valence-electron chi connectivity index (χ3n) is 4.38. The van der Waals surface area contributed by atoms with Crippen molar-refractivity contribution >= 4 is 10.1 Å². The summed E-state index contributed by atoms with van der Waals surface area (Å²) >= 11 is 0. The fourth-order valence-corrected chi connectivity index (χ4v) is 3.52. The van der Waals surface area contributed by atoms with Gasteiger partial charge in [0.25, 0.3) is 10.1 Å². The number of nitrogens with two attached hydrogens (primary N) is 4. The molecule has 0 atom stereocenters. The van der Waals surface area contributed by atoms with Gasteiger partial charge in [0.1, 0.15) is 0 Å². The number of rotatable bonds is 14. The quantitative estimate of drug-likeness (QED) is 0.217. The highest BCUT2D eigenvalue weighted by Crippen LogP contribution is 2.18. The zero-order valence-corrected chi connectivity index (χ0v) is 19.7. The van der Waals surface area contributed by atoms with E-state index in [9.17, 15) is 13.0 Å². The molecular formula is C22H46N4O3S. The molecule has 0 aliphatic heterocycles. The summed E-state index contributed by atoms with van der Waals surface area (Å²) in [7, 11) is -4.10. The molecule has 1 aromatic rings. The second kappa shape index (κ2) is 22.7. The first-order chi connectivity index (χ1) is 14.4. The van der Waals surface area contributed by atoms with Crippen LogP contribution in [0.3, 0.4) is 0 Å². The molecule has 0 aliphatic rings. The number of hydrogen-bond acceptors (Lipinski definition) is 6. The van der Waals surface area contributed by atoms with E-state index in [-0.39, 0.29) is 4.90 Å². The molecule has 0 saturated carbocycles. The van der Waals surface area contributed by atoms with Crippen LogP contribution < -0.4 is 22.9 Å². The summed E-state index contributed by atoms with van der Waals surface area (Å²) in [4.78, 5) is 0.0610. The van der Waals surface area contributed by atoms with Crippen LogP contribution in [0, 0.1) is 0 Å². The van der Waals surface area contributed by atoms with Gasteiger partial charge in [0, 0.05) is 26.2 Å². The van der Waals surface area contributed by atoms with Crippen molar-refractivity contribution in [1.29, 1.82) is 0 Å². The fraction of sp³-hybridized carbons (Fsp3) is 0.727. The molecule has 178 valence electrons. The largest absolute Gasteiger partial charge is 0.329 e. The van der Waals surface area contributed by atoms with E-state index >= 15 is 0 Å². The van der Waals surface area contributed by atoms with Crippen LogP contribution >= 0.6 is 0 Å². The summed E-state index contributed by atoms with van der Waals surface area (Å²) in [5, 5.41) is 0. The molecule has 0 radical (unpaired) electrons. The van der Waals surface area contributed by atoms with Crippen LogP contribution in [-0.4, -0.2) is 39.1 Å². The molecule has 0 aliphatic carbocycles. The third kappa shape index (κ3) is 20.3. The topological polar surface area (TPSA) is 158 Å². The van der Waals surface area contributed by atoms with Gasteiger partial charge >= 0.3 is 0 Å². The van der Waals surface area contributed by atoms with Crippen LogP contribution in [0.2, 0.25) is 0 Å². The Kier molecular flexibility index (Phi) is 23.5. The minimum Gasteiger partial charge on any atom is -0.329 e. The Labute approximate surface area is 184 Å². The maximum absolute atomic E-state index is 11.3. The molecule has 8 heteroatoms. The first-order valence-corrected chi connectivity index (χ1v) is 12.7. The van der Waals surface area contributed by atoms with Gasteiger partial charge in [0.15, 0.2) is 0 Å². The molecule has 9 N–H and O–H groups in total. The van der Waals surface area contributed by atoms with Gasteiger partial charge in [0.2, 0.25) is 0 Å². The van der Waals surface area contributed by atoms with E-state index in [1.165, 1.54) is 57.4 Å². The average Bonchev–Trinajstić information content (AvgIpc) is 2.75. The Morgan fingerprint density at radius 3 is 1.50 bits per heavy atom. The fourth-order valence-electron chi connectivity index (χ4n) is 2.76. The van der Waals surface area contributed by atoms with Gasteiger partial charge in [-0.05, 0) is 24.5 Å². The molecule has 0 saturated heterocycles. The molecule has 7 nitrogen and oxygen atoms in total. The van der Waals surface area contributed by atoms with Crippen molar-refractivity contribution in [2.45, 2.75) is 82.4 Å². The van der Waals surface area contributed by atoms with Crippen LogP contribution in [0.5, 0.6) is 0 Å². The SMILES string of the molecule is CCCCCCCCCCCCc1ccccc1S(=O)(=O)O.NCCN.NCCN. The number of unbranched alkanes of at least 4 members (excludes halogenated alkanes) is 9. The minimum absolute atomic E-state index is 0.0610. The molecule has 0 spiro atoms. The molecule has 0 aromatic heterocycles. The van der Waals surface area contributed by atoms with E-state index < -0.39 is 10.1 Å². The second-order valence-electron chi connectivity index (χ2n) is 7.17. The Morgan fingerprint density at radius 1 is 0.700 bits per heavy atom. The van der Waals surface area contributed by atoms with Crippen molar-refractivity contribution in [3.63, 3.8) is 0 Å². The molecule has 0 heterocycles. The van der Waals surface area contributed by atoms with E-state index in [2.05, 4.69) is 6.92 Å². The predicted octanol–water partition coefficient (Wildman–Crippen LogP) is 3.20. The lowest BCUT2D eigenvalue weighted by molar-refractivity contribution is 0.481. The molecule has 0 amide bonds. The molecule has 1 aromatic carbocycles. The number of benzene rings is 1. The molecular weight excluding hydrogens is 400 g/mol. The molecule has 0 bridgehead atoms. The molecule has 30 heavy (non-hydrogen) atoms. The maximum atomic E-state index is 11.3. The highest BCUT2D eigenvalue weighted by molar-refractivity contribution is 7.85. The van der Waals surface area contributed by atoms with Gasteiger partial charge in [-0.15, -0.1) is 0 Å². The smallest absolute Gasteiger partial charge is 0.294 e. The van der Waals surface area contributed by atoms with Crippen molar-refractivity contribution in [2.75, 3.05) is 26.2 Å². The minimum atomic E-state index is -4.10. The third-order valence-corrected chi connectivity index (χ3v) is 5.34. The first-order valence-electron chi connectivity index (χ1n) is 11.2. The van der Waals surface area contributed by atoms with E-state index in [4.69, 9.17) is 22.9 Å². The van der Waals surface area contributed by atoms with Gasteiger partial charge in [-0.25, -0.2) is 0 Å². The van der Waals surface area contributed by atoms with Gasteiger partial charge in [-0.2, -0.15) is 8.42 Å². The van der Waals surface area contributed by atoms with Crippen molar-refractivity contribution in [3.05, 3.63) is 29.8 Å². The molecule has 0 fully saturated rings. The van der Waals surface area contributed by atoms with Crippen LogP contribution in [0.15, 0.2) is 29.2 Å². The summed E-state index contributed by atoms with van der Waals surface area (Å²) in [6, 6.07) is 6.73. The normalized spacial score (nSPS) is 10.6. The van der Waals surface area contributed by atoms with E-state index in [1.54, 1.807) is 12.1 Å². The summed E-state index contributed by atoms with van der Waals surface area (Å²) in [6.07, 6.45) is 13.3. The lowest BCUT2D eigenvalue weighted by Gasteiger charge is -2.07. The predicted molar refractivity (Wildman–Crippen MR) is 128 cm³/mol. The Hall–Kier alpha value is -1.03.